The molecule has 0 spiro atoms. The van der Waals surface area contributed by atoms with Crippen molar-refractivity contribution in [3.05, 3.63) is 60.8 Å². The third-order valence-electron chi connectivity index (χ3n) is 5.51. The lowest BCUT2D eigenvalue weighted by Crippen LogP contribution is -2.45. The summed E-state index contributed by atoms with van der Waals surface area (Å²) in [6.07, 6.45) is 9.59. The molecule has 0 radical (unpaired) electrons. The summed E-state index contributed by atoms with van der Waals surface area (Å²) in [4.78, 5) is 31.8. The molecule has 0 saturated heterocycles. The van der Waals surface area contributed by atoms with E-state index in [2.05, 4.69) is 19.9 Å². The van der Waals surface area contributed by atoms with Gasteiger partial charge in [-0.25, -0.2) is 19.7 Å². The van der Waals surface area contributed by atoms with Crippen molar-refractivity contribution < 1.29 is 14.3 Å². The predicted molar refractivity (Wildman–Crippen MR) is 119 cm³/mol. The molecule has 4 rings (SSSR count). The number of methoxy groups -OCH3 is 1. The van der Waals surface area contributed by atoms with E-state index >= 15 is 0 Å². The first-order chi connectivity index (χ1) is 15.6. The van der Waals surface area contributed by atoms with Crippen LogP contribution in [0.1, 0.15) is 31.4 Å². The summed E-state index contributed by atoms with van der Waals surface area (Å²) in [5.74, 6) is 0.537. The van der Waals surface area contributed by atoms with E-state index in [-0.39, 0.29) is 18.7 Å². The molecule has 32 heavy (non-hydrogen) atoms. The van der Waals surface area contributed by atoms with Crippen molar-refractivity contribution in [2.45, 2.75) is 44.4 Å². The second-order valence-corrected chi connectivity index (χ2v) is 7.68. The number of hydrogen-bond donors (Lipinski definition) is 1. The molecule has 3 aromatic rings. The summed E-state index contributed by atoms with van der Waals surface area (Å²) in [6.45, 7) is 0.101. The summed E-state index contributed by atoms with van der Waals surface area (Å²) in [5.41, 5.74) is 8.40. The summed E-state index contributed by atoms with van der Waals surface area (Å²) in [5, 5.41) is 0. The van der Waals surface area contributed by atoms with Gasteiger partial charge in [-0.05, 0) is 49.9 Å². The fraction of sp³-hybridized carbons (Fsp3) is 0.348. The molecule has 2 N–H and O–H groups in total. The Labute approximate surface area is 186 Å². The number of ether oxygens (including phenoxy) is 2. The topological polar surface area (TPSA) is 116 Å². The molecule has 1 saturated carbocycles. The first-order valence-corrected chi connectivity index (χ1v) is 10.6. The van der Waals surface area contributed by atoms with Crippen LogP contribution in [0.4, 0.5) is 10.6 Å². The molecule has 1 fully saturated rings. The molecule has 1 aliphatic carbocycles. The minimum Gasteiger partial charge on any atom is -0.467 e. The Hall–Kier alpha value is -3.59. The van der Waals surface area contributed by atoms with Crippen molar-refractivity contribution in [2.24, 2.45) is 5.73 Å². The summed E-state index contributed by atoms with van der Waals surface area (Å²) >= 11 is 0. The highest BCUT2D eigenvalue weighted by atomic mass is 16.6. The van der Waals surface area contributed by atoms with E-state index in [1.54, 1.807) is 29.7 Å². The van der Waals surface area contributed by atoms with Crippen molar-refractivity contribution in [3.63, 3.8) is 0 Å². The Bertz CT molecular complexity index is 1010. The summed E-state index contributed by atoms with van der Waals surface area (Å²) < 4.78 is 10.6. The van der Waals surface area contributed by atoms with Gasteiger partial charge in [0.15, 0.2) is 0 Å². The van der Waals surface area contributed by atoms with Crippen molar-refractivity contribution in [1.29, 1.82) is 0 Å². The number of hydrogen-bond acceptors (Lipinski definition) is 8. The van der Waals surface area contributed by atoms with Gasteiger partial charge in [0.25, 0.3) is 0 Å². The molecule has 0 bridgehead atoms. The van der Waals surface area contributed by atoms with Crippen molar-refractivity contribution in [1.82, 2.24) is 19.9 Å². The molecule has 3 heterocycles. The third kappa shape index (κ3) is 5.17. The molecule has 9 nitrogen and oxygen atoms in total. The number of rotatable bonds is 6. The van der Waals surface area contributed by atoms with Gasteiger partial charge in [-0.3, -0.25) is 9.88 Å². The molecule has 0 aliphatic heterocycles. The lowest BCUT2D eigenvalue weighted by atomic mass is 9.91. The average Bonchev–Trinajstić information content (AvgIpc) is 2.85. The minimum atomic E-state index is -0.441. The molecular formula is C23H26N6O3. The molecule has 0 aromatic carbocycles. The van der Waals surface area contributed by atoms with Gasteiger partial charge >= 0.3 is 12.1 Å². The van der Waals surface area contributed by atoms with Crippen LogP contribution in [0.5, 0.6) is 6.01 Å². The van der Waals surface area contributed by atoms with Gasteiger partial charge in [0.05, 0.1) is 12.8 Å². The van der Waals surface area contributed by atoms with Crippen LogP contribution in [-0.2, 0) is 11.3 Å². The van der Waals surface area contributed by atoms with Crippen LogP contribution >= 0.6 is 0 Å². The number of pyridine rings is 2. The molecule has 9 heteroatoms. The molecule has 3 aromatic heterocycles. The molecule has 166 valence electrons. The molecule has 1 amide bonds. The first kappa shape index (κ1) is 21.6. The largest absolute Gasteiger partial charge is 0.467 e. The maximum absolute atomic E-state index is 13.1. The fourth-order valence-corrected chi connectivity index (χ4v) is 3.75. The molecule has 0 atom stereocenters. The number of nitrogens with two attached hydrogens (primary N) is 1. The zero-order valence-corrected chi connectivity index (χ0v) is 17.9. The van der Waals surface area contributed by atoms with Gasteiger partial charge < -0.3 is 15.2 Å². The van der Waals surface area contributed by atoms with Crippen molar-refractivity contribution in [2.75, 3.05) is 12.0 Å². The van der Waals surface area contributed by atoms with E-state index in [1.165, 1.54) is 7.11 Å². The van der Waals surface area contributed by atoms with Crippen LogP contribution in [0.15, 0.2) is 55.1 Å². The number of nitrogens with zero attached hydrogens (tertiary/aromatic N) is 5. The minimum absolute atomic E-state index is 0.0197. The smallest absolute Gasteiger partial charge is 0.416 e. The second kappa shape index (κ2) is 10.1. The highest BCUT2D eigenvalue weighted by molar-refractivity contribution is 5.87. The van der Waals surface area contributed by atoms with E-state index in [1.807, 2.05) is 30.3 Å². The van der Waals surface area contributed by atoms with Crippen molar-refractivity contribution >= 4 is 11.9 Å². The Morgan fingerprint density at radius 2 is 1.75 bits per heavy atom. The van der Waals surface area contributed by atoms with E-state index < -0.39 is 6.09 Å². The normalized spacial score (nSPS) is 18.1. The number of carbonyl (C=O) groups excluding carboxylic acids is 1. The summed E-state index contributed by atoms with van der Waals surface area (Å²) in [7, 11) is 1.52. The average molecular weight is 435 g/mol. The molecular weight excluding hydrogens is 408 g/mol. The van der Waals surface area contributed by atoms with Gasteiger partial charge in [-0.1, -0.05) is 6.07 Å². The highest BCUT2D eigenvalue weighted by Crippen LogP contribution is 2.28. The van der Waals surface area contributed by atoms with E-state index in [0.717, 1.165) is 36.8 Å². The SMILES string of the molecule is COc1ncc(-c2ccc(N(C(=O)OCc3ccccn3)[C@H]3CC[C@H](N)CC3)nc2)cn1. The fourth-order valence-electron chi connectivity index (χ4n) is 3.75. The van der Waals surface area contributed by atoms with Gasteiger partial charge in [0.1, 0.15) is 12.4 Å². The van der Waals surface area contributed by atoms with Crippen LogP contribution < -0.4 is 15.4 Å². The maximum Gasteiger partial charge on any atom is 0.416 e. The van der Waals surface area contributed by atoms with E-state index in [9.17, 15) is 4.79 Å². The number of aromatic nitrogens is 4. The molecule has 1 aliphatic rings. The number of amides is 1. The van der Waals surface area contributed by atoms with Crippen LogP contribution in [0.2, 0.25) is 0 Å². The Balaban J connectivity index is 1.53. The Morgan fingerprint density at radius 1 is 1.00 bits per heavy atom. The van der Waals surface area contributed by atoms with Gasteiger partial charge in [0, 0.05) is 48.0 Å². The van der Waals surface area contributed by atoms with Crippen LogP contribution in [0, 0.1) is 0 Å². The van der Waals surface area contributed by atoms with E-state index in [0.29, 0.717) is 17.5 Å². The summed E-state index contributed by atoms with van der Waals surface area (Å²) in [6, 6.07) is 9.66. The predicted octanol–water partition coefficient (Wildman–Crippen LogP) is 3.36. The standard InChI is InChI=1S/C23H26N6O3/c1-31-22-27-13-17(14-28-22)16-5-10-21(26-12-16)29(20-8-6-18(24)7-9-20)23(30)32-15-19-4-2-3-11-25-19/h2-5,10-14,18,20H,6-9,15,24H2,1H3/t18-,20-. The van der Waals surface area contributed by atoms with E-state index in [4.69, 9.17) is 15.2 Å². The first-order valence-electron chi connectivity index (χ1n) is 10.6. The third-order valence-corrected chi connectivity index (χ3v) is 5.51. The lowest BCUT2D eigenvalue weighted by Gasteiger charge is -2.34. The Kier molecular flexibility index (Phi) is 6.86. The highest BCUT2D eigenvalue weighted by Gasteiger charge is 2.31. The maximum atomic E-state index is 13.1. The lowest BCUT2D eigenvalue weighted by molar-refractivity contribution is 0.140. The van der Waals surface area contributed by atoms with Gasteiger partial charge in [0.2, 0.25) is 0 Å². The quantitative estimate of drug-likeness (QED) is 0.628. The number of anilines is 1. The molecule has 0 unspecified atom stereocenters. The number of carbonyl (C=O) groups is 1. The monoisotopic (exact) mass is 434 g/mol. The Morgan fingerprint density at radius 3 is 2.38 bits per heavy atom. The zero-order valence-electron chi connectivity index (χ0n) is 17.9. The second-order valence-electron chi connectivity index (χ2n) is 7.68. The van der Waals surface area contributed by atoms with Crippen LogP contribution in [-0.4, -0.2) is 45.2 Å². The van der Waals surface area contributed by atoms with Crippen LogP contribution in [0.3, 0.4) is 0 Å². The van der Waals surface area contributed by atoms with Crippen LogP contribution in [0.25, 0.3) is 11.1 Å². The van der Waals surface area contributed by atoms with Gasteiger partial charge in [-0.2, -0.15) is 0 Å². The van der Waals surface area contributed by atoms with Crippen molar-refractivity contribution in [3.8, 4) is 17.1 Å². The zero-order chi connectivity index (χ0) is 22.3. The van der Waals surface area contributed by atoms with Gasteiger partial charge in [-0.15, -0.1) is 0 Å².